The predicted molar refractivity (Wildman–Crippen MR) is 90.4 cm³/mol. The number of ketones is 1. The number of halogens is 7. The summed E-state index contributed by atoms with van der Waals surface area (Å²) in [6.45, 7) is 2.60. The van der Waals surface area contributed by atoms with Gasteiger partial charge in [-0.1, -0.05) is 26.0 Å². The SMILES string of the molecule is CC1(C)CC(=O)C2=C(C1)N(Cc1ccc(F)cc1)C(=O)NC2(C(F)(F)F)C(F)(F)F. The number of Topliss-reactive ketones (excluding diaryl/α,β-unsaturated/α-hetero) is 1. The molecule has 4 nitrogen and oxygen atoms in total. The van der Waals surface area contributed by atoms with Crippen molar-refractivity contribution in [3.8, 4) is 0 Å². The molecular formula is C19H17F7N2O2. The molecule has 1 aliphatic carbocycles. The molecule has 1 N–H and O–H groups in total. The number of allylic oxidation sites excluding steroid dienone is 1. The zero-order chi connectivity index (χ0) is 22.7. The van der Waals surface area contributed by atoms with Gasteiger partial charge in [0.15, 0.2) is 5.78 Å². The summed E-state index contributed by atoms with van der Waals surface area (Å²) in [6.07, 6.45) is -12.9. The van der Waals surface area contributed by atoms with Gasteiger partial charge in [-0.3, -0.25) is 9.69 Å². The van der Waals surface area contributed by atoms with Crippen LogP contribution in [0.4, 0.5) is 35.5 Å². The van der Waals surface area contributed by atoms with E-state index in [0.29, 0.717) is 4.90 Å². The van der Waals surface area contributed by atoms with E-state index >= 15 is 0 Å². The van der Waals surface area contributed by atoms with Gasteiger partial charge in [0.05, 0.1) is 12.1 Å². The predicted octanol–water partition coefficient (Wildman–Crippen LogP) is 4.86. The van der Waals surface area contributed by atoms with Crippen LogP contribution in [-0.2, 0) is 11.3 Å². The van der Waals surface area contributed by atoms with Crippen LogP contribution >= 0.6 is 0 Å². The quantitative estimate of drug-likeness (QED) is 0.671. The Morgan fingerprint density at radius 2 is 1.50 bits per heavy atom. The highest BCUT2D eigenvalue weighted by Crippen LogP contribution is 2.54. The number of benzene rings is 1. The van der Waals surface area contributed by atoms with Gasteiger partial charge in [-0.15, -0.1) is 0 Å². The van der Waals surface area contributed by atoms with E-state index in [9.17, 15) is 40.3 Å². The molecule has 3 rings (SSSR count). The summed E-state index contributed by atoms with van der Waals surface area (Å²) >= 11 is 0. The van der Waals surface area contributed by atoms with Gasteiger partial charge < -0.3 is 5.32 Å². The highest BCUT2D eigenvalue weighted by molar-refractivity contribution is 6.03. The maximum Gasteiger partial charge on any atom is 0.425 e. The molecule has 30 heavy (non-hydrogen) atoms. The van der Waals surface area contributed by atoms with Crippen LogP contribution < -0.4 is 5.32 Å². The lowest BCUT2D eigenvalue weighted by atomic mass is 9.69. The summed E-state index contributed by atoms with van der Waals surface area (Å²) in [4.78, 5) is 25.9. The van der Waals surface area contributed by atoms with E-state index in [2.05, 4.69) is 0 Å². The molecule has 2 aliphatic rings. The van der Waals surface area contributed by atoms with Crippen LogP contribution in [0.3, 0.4) is 0 Å². The number of hydrogen-bond donors (Lipinski definition) is 1. The average Bonchev–Trinajstić information content (AvgIpc) is 2.55. The Morgan fingerprint density at radius 1 is 0.967 bits per heavy atom. The minimum absolute atomic E-state index is 0.265. The second-order valence-electron chi connectivity index (χ2n) is 8.15. The molecule has 0 aromatic heterocycles. The smallest absolute Gasteiger partial charge is 0.312 e. The second kappa shape index (κ2) is 6.71. The van der Waals surface area contributed by atoms with Crippen molar-refractivity contribution in [3.63, 3.8) is 0 Å². The minimum atomic E-state index is -6.00. The van der Waals surface area contributed by atoms with Gasteiger partial charge in [0.2, 0.25) is 0 Å². The normalized spacial score (nSPS) is 21.4. The number of alkyl halides is 6. The molecule has 0 saturated heterocycles. The minimum Gasteiger partial charge on any atom is -0.312 e. The lowest BCUT2D eigenvalue weighted by molar-refractivity contribution is -0.292. The number of carbonyl (C=O) groups excluding carboxylic acids is 2. The molecule has 1 heterocycles. The van der Waals surface area contributed by atoms with E-state index in [1.807, 2.05) is 0 Å². The Bertz CT molecular complexity index is 900. The standard InChI is InChI=1S/C19H17F7N2O2/c1-16(2)7-12-14(13(29)8-16)17(18(21,22)23,19(24,25)26)27-15(30)28(12)9-10-3-5-11(20)6-4-10/h3-6H,7-9H2,1-2H3,(H,27,30). The molecule has 0 saturated carbocycles. The first-order chi connectivity index (χ1) is 13.6. The molecule has 0 unspecified atom stereocenters. The van der Waals surface area contributed by atoms with Crippen molar-refractivity contribution in [1.29, 1.82) is 0 Å². The molecule has 1 aromatic rings. The van der Waals surface area contributed by atoms with E-state index < -0.39 is 65.2 Å². The molecule has 0 fully saturated rings. The van der Waals surface area contributed by atoms with Gasteiger partial charge >= 0.3 is 18.4 Å². The average molecular weight is 438 g/mol. The fourth-order valence-electron chi connectivity index (χ4n) is 3.88. The number of rotatable bonds is 2. The molecule has 0 atom stereocenters. The third-order valence-electron chi connectivity index (χ3n) is 5.20. The zero-order valence-corrected chi connectivity index (χ0v) is 15.8. The van der Waals surface area contributed by atoms with Gasteiger partial charge in [0.25, 0.3) is 5.54 Å². The highest BCUT2D eigenvalue weighted by atomic mass is 19.4. The van der Waals surface area contributed by atoms with Crippen molar-refractivity contribution in [2.75, 3.05) is 0 Å². The molecule has 1 aliphatic heterocycles. The van der Waals surface area contributed by atoms with Crippen LogP contribution in [0.1, 0.15) is 32.3 Å². The Kier molecular flexibility index (Phi) is 4.94. The Labute approximate surface area is 166 Å². The number of amides is 2. The summed E-state index contributed by atoms with van der Waals surface area (Å²) in [7, 11) is 0. The molecule has 0 spiro atoms. The van der Waals surface area contributed by atoms with Crippen LogP contribution in [0, 0.1) is 11.2 Å². The van der Waals surface area contributed by atoms with Gasteiger partial charge in [-0.25, -0.2) is 9.18 Å². The lowest BCUT2D eigenvalue weighted by Crippen LogP contribution is -2.74. The van der Waals surface area contributed by atoms with Gasteiger partial charge in [0.1, 0.15) is 5.82 Å². The first-order valence-electron chi connectivity index (χ1n) is 8.83. The Morgan fingerprint density at radius 3 is 2.00 bits per heavy atom. The van der Waals surface area contributed by atoms with Crippen LogP contribution in [0.2, 0.25) is 0 Å². The molecule has 0 radical (unpaired) electrons. The number of nitrogens with zero attached hydrogens (tertiary/aromatic N) is 1. The molecular weight excluding hydrogens is 421 g/mol. The maximum atomic E-state index is 13.8. The van der Waals surface area contributed by atoms with Crippen LogP contribution in [0.5, 0.6) is 0 Å². The lowest BCUT2D eigenvalue weighted by Gasteiger charge is -2.49. The topological polar surface area (TPSA) is 49.4 Å². The fraction of sp³-hybridized carbons (Fsp3) is 0.474. The van der Waals surface area contributed by atoms with Gasteiger partial charge in [-0.05, 0) is 29.5 Å². The third-order valence-corrected chi connectivity index (χ3v) is 5.20. The van der Waals surface area contributed by atoms with E-state index in [1.165, 1.54) is 26.0 Å². The second-order valence-corrected chi connectivity index (χ2v) is 8.15. The van der Waals surface area contributed by atoms with Crippen LogP contribution in [0.25, 0.3) is 0 Å². The van der Waals surface area contributed by atoms with E-state index in [4.69, 9.17) is 0 Å². The van der Waals surface area contributed by atoms with Crippen molar-refractivity contribution < 1.29 is 40.3 Å². The van der Waals surface area contributed by atoms with E-state index in [-0.39, 0.29) is 12.0 Å². The molecule has 164 valence electrons. The van der Waals surface area contributed by atoms with Crippen molar-refractivity contribution in [2.24, 2.45) is 5.41 Å². The zero-order valence-electron chi connectivity index (χ0n) is 15.8. The summed E-state index contributed by atoms with van der Waals surface area (Å²) in [5, 5.41) is 1.03. The van der Waals surface area contributed by atoms with E-state index in [0.717, 1.165) is 17.4 Å². The van der Waals surface area contributed by atoms with Crippen molar-refractivity contribution in [1.82, 2.24) is 10.2 Å². The fourth-order valence-corrected chi connectivity index (χ4v) is 3.88. The summed E-state index contributed by atoms with van der Waals surface area (Å²) < 4.78 is 96.0. The molecule has 0 bridgehead atoms. The first kappa shape index (κ1) is 22.1. The first-order valence-corrected chi connectivity index (χ1v) is 8.83. The van der Waals surface area contributed by atoms with Crippen LogP contribution in [-0.4, -0.2) is 34.6 Å². The number of nitrogens with one attached hydrogen (secondary N) is 1. The molecule has 11 heteroatoms. The summed E-state index contributed by atoms with van der Waals surface area (Å²) in [6, 6.07) is 2.93. The monoisotopic (exact) mass is 438 g/mol. The number of carbonyl (C=O) groups is 2. The maximum absolute atomic E-state index is 13.8. The number of urea groups is 1. The Balaban J connectivity index is 2.25. The van der Waals surface area contributed by atoms with Crippen LogP contribution in [0.15, 0.2) is 35.5 Å². The van der Waals surface area contributed by atoms with Crippen molar-refractivity contribution in [2.45, 2.75) is 51.1 Å². The summed E-state index contributed by atoms with van der Waals surface area (Å²) in [5.74, 6) is -1.94. The number of hydrogen-bond acceptors (Lipinski definition) is 2. The largest absolute Gasteiger partial charge is 0.425 e. The third kappa shape index (κ3) is 3.43. The Hall–Kier alpha value is -2.59. The molecule has 2 amide bonds. The highest BCUT2D eigenvalue weighted by Gasteiger charge is 2.77. The van der Waals surface area contributed by atoms with E-state index in [1.54, 1.807) is 0 Å². The van der Waals surface area contributed by atoms with Gasteiger partial charge in [-0.2, -0.15) is 26.3 Å². The van der Waals surface area contributed by atoms with Gasteiger partial charge in [0, 0.05) is 12.1 Å². The van der Waals surface area contributed by atoms with Crippen molar-refractivity contribution in [3.05, 3.63) is 46.9 Å². The summed E-state index contributed by atoms with van der Waals surface area (Å²) in [5.41, 5.74) is -7.63. The van der Waals surface area contributed by atoms with Crippen molar-refractivity contribution >= 4 is 11.8 Å². The molecule has 1 aromatic carbocycles.